The Labute approximate surface area is 90.7 Å². The van der Waals surface area contributed by atoms with Gasteiger partial charge in [0.05, 0.1) is 0 Å². The molecule has 0 amide bonds. The van der Waals surface area contributed by atoms with Gasteiger partial charge >= 0.3 is 0 Å². The molecule has 3 nitrogen and oxygen atoms in total. The predicted octanol–water partition coefficient (Wildman–Crippen LogP) is 1.59. The van der Waals surface area contributed by atoms with Gasteiger partial charge in [-0.3, -0.25) is 0 Å². The van der Waals surface area contributed by atoms with E-state index in [9.17, 15) is 0 Å². The molecule has 2 rings (SSSR count). The van der Waals surface area contributed by atoms with Crippen LogP contribution in [0.25, 0.3) is 0 Å². The summed E-state index contributed by atoms with van der Waals surface area (Å²) in [6.07, 6.45) is 1.19. The number of rotatable bonds is 2. The van der Waals surface area contributed by atoms with E-state index in [1.807, 2.05) is 25.1 Å². The van der Waals surface area contributed by atoms with Crippen LogP contribution in [0.3, 0.4) is 0 Å². The molecule has 0 radical (unpaired) electrons. The van der Waals surface area contributed by atoms with E-state index in [-0.39, 0.29) is 12.4 Å². The molecular weight excluding hydrogens is 198 g/mol. The van der Waals surface area contributed by atoms with Gasteiger partial charge in [0.25, 0.3) is 0 Å². The van der Waals surface area contributed by atoms with E-state index in [0.717, 1.165) is 24.6 Å². The molecule has 4 heteroatoms. The second-order valence-electron chi connectivity index (χ2n) is 3.50. The summed E-state index contributed by atoms with van der Waals surface area (Å²) < 4.78 is 0. The Kier molecular flexibility index (Phi) is 4.17. The molecule has 14 heavy (non-hydrogen) atoms. The van der Waals surface area contributed by atoms with Crippen LogP contribution in [0.2, 0.25) is 0 Å². The van der Waals surface area contributed by atoms with E-state index in [1.165, 1.54) is 6.42 Å². The number of aryl methyl sites for hydroxylation is 1. The number of hydrogen-bond donors (Lipinski definition) is 2. The van der Waals surface area contributed by atoms with Crippen LogP contribution in [-0.4, -0.2) is 24.1 Å². The molecule has 1 unspecified atom stereocenters. The number of anilines is 1. The molecule has 1 aliphatic heterocycles. The molecule has 0 saturated carbocycles. The van der Waals surface area contributed by atoms with Crippen LogP contribution in [0.5, 0.6) is 0 Å². The van der Waals surface area contributed by atoms with Crippen LogP contribution < -0.4 is 10.6 Å². The fourth-order valence-corrected chi connectivity index (χ4v) is 1.61. The Hall–Kier alpha value is -0.800. The van der Waals surface area contributed by atoms with Gasteiger partial charge in [-0.25, -0.2) is 4.98 Å². The fourth-order valence-electron chi connectivity index (χ4n) is 1.61. The summed E-state index contributed by atoms with van der Waals surface area (Å²) >= 11 is 0. The molecule has 78 valence electrons. The summed E-state index contributed by atoms with van der Waals surface area (Å²) in [7, 11) is 0. The number of nitrogens with zero attached hydrogens (tertiary/aromatic N) is 1. The van der Waals surface area contributed by atoms with Gasteiger partial charge < -0.3 is 10.6 Å². The largest absolute Gasteiger partial charge is 0.366 e. The number of hydrogen-bond acceptors (Lipinski definition) is 3. The third-order valence-electron chi connectivity index (χ3n) is 2.30. The Morgan fingerprint density at radius 1 is 1.50 bits per heavy atom. The highest BCUT2D eigenvalue weighted by atomic mass is 35.5. The summed E-state index contributed by atoms with van der Waals surface area (Å²) in [4.78, 5) is 4.40. The predicted molar refractivity (Wildman–Crippen MR) is 61.1 cm³/mol. The quantitative estimate of drug-likeness (QED) is 0.784. The van der Waals surface area contributed by atoms with Crippen LogP contribution in [-0.2, 0) is 0 Å². The third-order valence-corrected chi connectivity index (χ3v) is 2.30. The van der Waals surface area contributed by atoms with Gasteiger partial charge in [0.1, 0.15) is 5.82 Å². The van der Waals surface area contributed by atoms with E-state index in [4.69, 9.17) is 0 Å². The average Bonchev–Trinajstić information content (AvgIpc) is 2.57. The van der Waals surface area contributed by atoms with Crippen molar-refractivity contribution in [2.24, 2.45) is 0 Å². The van der Waals surface area contributed by atoms with Crippen LogP contribution >= 0.6 is 12.4 Å². The number of pyridine rings is 1. The first-order valence-corrected chi connectivity index (χ1v) is 4.75. The minimum absolute atomic E-state index is 0. The molecular formula is C10H16ClN3. The number of halogens is 1. The van der Waals surface area contributed by atoms with Crippen molar-refractivity contribution in [3.63, 3.8) is 0 Å². The molecule has 2 heterocycles. The van der Waals surface area contributed by atoms with Gasteiger partial charge in [0.15, 0.2) is 0 Å². The molecule has 1 aromatic rings. The van der Waals surface area contributed by atoms with Crippen molar-refractivity contribution in [1.29, 1.82) is 0 Å². The summed E-state index contributed by atoms with van der Waals surface area (Å²) in [6.45, 7) is 4.18. The zero-order chi connectivity index (χ0) is 9.10. The van der Waals surface area contributed by atoms with E-state index in [1.54, 1.807) is 0 Å². The van der Waals surface area contributed by atoms with Crippen molar-refractivity contribution in [2.45, 2.75) is 19.4 Å². The molecule has 0 aromatic carbocycles. The first-order valence-electron chi connectivity index (χ1n) is 4.75. The Morgan fingerprint density at radius 3 is 3.00 bits per heavy atom. The topological polar surface area (TPSA) is 37.0 Å². The molecule has 1 aromatic heterocycles. The Balaban J connectivity index is 0.000000980. The van der Waals surface area contributed by atoms with Crippen molar-refractivity contribution in [2.75, 3.05) is 18.4 Å². The van der Waals surface area contributed by atoms with Gasteiger partial charge in [0, 0.05) is 18.3 Å². The molecule has 0 spiro atoms. The van der Waals surface area contributed by atoms with Gasteiger partial charge in [-0.05, 0) is 32.0 Å². The smallest absolute Gasteiger partial charge is 0.126 e. The molecule has 0 aliphatic carbocycles. The van der Waals surface area contributed by atoms with Gasteiger partial charge in [-0.1, -0.05) is 6.07 Å². The first-order chi connectivity index (χ1) is 6.34. The monoisotopic (exact) mass is 213 g/mol. The standard InChI is InChI=1S/C10H15N3.ClH/c1-8-3-2-4-10(12-8)13-9-5-6-11-7-9;/h2-4,9,11H,5-7H2,1H3,(H,12,13);1H. The van der Waals surface area contributed by atoms with E-state index >= 15 is 0 Å². The van der Waals surface area contributed by atoms with Gasteiger partial charge in [0.2, 0.25) is 0 Å². The average molecular weight is 214 g/mol. The van der Waals surface area contributed by atoms with Crippen LogP contribution in [0.15, 0.2) is 18.2 Å². The number of aromatic nitrogens is 1. The highest BCUT2D eigenvalue weighted by Crippen LogP contribution is 2.08. The molecule has 2 N–H and O–H groups in total. The van der Waals surface area contributed by atoms with Gasteiger partial charge in [-0.2, -0.15) is 0 Å². The van der Waals surface area contributed by atoms with Crippen molar-refractivity contribution >= 4 is 18.2 Å². The van der Waals surface area contributed by atoms with Crippen LogP contribution in [0.4, 0.5) is 5.82 Å². The Bertz CT molecular complexity index is 284. The maximum absolute atomic E-state index is 4.40. The summed E-state index contributed by atoms with van der Waals surface area (Å²) in [5.74, 6) is 0.994. The highest BCUT2D eigenvalue weighted by molar-refractivity contribution is 5.85. The van der Waals surface area contributed by atoms with Gasteiger partial charge in [-0.15, -0.1) is 12.4 Å². The second kappa shape index (κ2) is 5.17. The first kappa shape index (κ1) is 11.3. The molecule has 1 aliphatic rings. The minimum atomic E-state index is 0. The minimum Gasteiger partial charge on any atom is -0.366 e. The number of nitrogens with one attached hydrogen (secondary N) is 2. The third kappa shape index (κ3) is 2.86. The summed E-state index contributed by atoms with van der Waals surface area (Å²) in [6, 6.07) is 6.62. The Morgan fingerprint density at radius 2 is 2.36 bits per heavy atom. The summed E-state index contributed by atoms with van der Waals surface area (Å²) in [5, 5.41) is 6.72. The fraction of sp³-hybridized carbons (Fsp3) is 0.500. The highest BCUT2D eigenvalue weighted by Gasteiger charge is 2.13. The molecule has 1 saturated heterocycles. The molecule has 1 atom stereocenters. The summed E-state index contributed by atoms with van der Waals surface area (Å²) in [5.41, 5.74) is 1.07. The van der Waals surface area contributed by atoms with E-state index in [2.05, 4.69) is 15.6 Å². The van der Waals surface area contributed by atoms with E-state index < -0.39 is 0 Å². The lowest BCUT2D eigenvalue weighted by Gasteiger charge is -2.11. The SMILES string of the molecule is Cc1cccc(NC2CCNC2)n1.Cl. The normalized spacial score (nSPS) is 20.2. The molecule has 0 bridgehead atoms. The van der Waals surface area contributed by atoms with Crippen LogP contribution in [0.1, 0.15) is 12.1 Å². The van der Waals surface area contributed by atoms with Crippen molar-refractivity contribution in [1.82, 2.24) is 10.3 Å². The lowest BCUT2D eigenvalue weighted by atomic mass is 10.2. The van der Waals surface area contributed by atoms with Crippen LogP contribution in [0, 0.1) is 6.92 Å². The zero-order valence-corrected chi connectivity index (χ0v) is 9.10. The molecule has 1 fully saturated rings. The second-order valence-corrected chi connectivity index (χ2v) is 3.50. The van der Waals surface area contributed by atoms with Crippen molar-refractivity contribution in [3.05, 3.63) is 23.9 Å². The maximum Gasteiger partial charge on any atom is 0.126 e. The zero-order valence-electron chi connectivity index (χ0n) is 8.29. The maximum atomic E-state index is 4.40. The van der Waals surface area contributed by atoms with Crippen molar-refractivity contribution in [3.8, 4) is 0 Å². The lowest BCUT2D eigenvalue weighted by molar-refractivity contribution is 0.787. The van der Waals surface area contributed by atoms with Crippen molar-refractivity contribution < 1.29 is 0 Å². The van der Waals surface area contributed by atoms with E-state index in [0.29, 0.717) is 6.04 Å². The lowest BCUT2D eigenvalue weighted by Crippen LogP contribution is -2.22.